The van der Waals surface area contributed by atoms with E-state index in [1.165, 1.54) is 17.0 Å². The number of carbonyl (C=O) groups is 2. The van der Waals surface area contributed by atoms with E-state index >= 15 is 0 Å². The zero-order valence-corrected chi connectivity index (χ0v) is 20.1. The molecule has 0 saturated carbocycles. The van der Waals surface area contributed by atoms with Gasteiger partial charge in [0.05, 0.1) is 11.5 Å². The number of anilines is 1. The number of hydrogen-bond donors (Lipinski definition) is 2. The van der Waals surface area contributed by atoms with E-state index in [9.17, 15) is 18.4 Å². The van der Waals surface area contributed by atoms with Crippen LogP contribution in [0.25, 0.3) is 11.1 Å². The van der Waals surface area contributed by atoms with Crippen molar-refractivity contribution in [2.24, 2.45) is 5.41 Å². The van der Waals surface area contributed by atoms with Gasteiger partial charge in [-0.2, -0.15) is 0 Å². The number of rotatable bonds is 3. The smallest absolute Gasteiger partial charge is 0.239 e. The van der Waals surface area contributed by atoms with Crippen LogP contribution < -0.4 is 10.6 Å². The van der Waals surface area contributed by atoms with Gasteiger partial charge in [0.1, 0.15) is 0 Å². The standard InChI is InChI=1S/C25H28ClF2N3O2/c1-24(2,3)12-19-25(11-18(29-19)22(32)31(4)5)20-15(14-7-6-8-16(27)21(14)28)9-13(26)10-17(20)30-23(25)33/h6-10,18-19,29H,11-12H2,1-5H3,(H,30,33). The van der Waals surface area contributed by atoms with Gasteiger partial charge >= 0.3 is 0 Å². The number of benzene rings is 2. The highest BCUT2D eigenvalue weighted by Gasteiger charge is 2.60. The first-order valence-corrected chi connectivity index (χ1v) is 11.3. The second-order valence-electron chi connectivity index (χ2n) is 10.4. The molecular formula is C25H28ClF2N3O2. The Bertz CT molecular complexity index is 1150. The molecule has 33 heavy (non-hydrogen) atoms. The molecule has 1 fully saturated rings. The first-order valence-electron chi connectivity index (χ1n) is 10.9. The summed E-state index contributed by atoms with van der Waals surface area (Å²) in [5.74, 6) is -2.40. The molecule has 2 heterocycles. The lowest BCUT2D eigenvalue weighted by Crippen LogP contribution is -2.48. The normalized spacial score (nSPS) is 24.2. The van der Waals surface area contributed by atoms with E-state index in [2.05, 4.69) is 31.4 Å². The van der Waals surface area contributed by atoms with Crippen molar-refractivity contribution in [1.29, 1.82) is 0 Å². The van der Waals surface area contributed by atoms with Crippen LogP contribution in [-0.4, -0.2) is 42.9 Å². The molecule has 2 aromatic rings. The number of likely N-dealkylation sites (N-methyl/N-ethyl adjacent to an activating group) is 1. The number of amides is 2. The van der Waals surface area contributed by atoms with Gasteiger partial charge in [0.15, 0.2) is 11.6 Å². The van der Waals surface area contributed by atoms with Crippen molar-refractivity contribution in [2.75, 3.05) is 19.4 Å². The Balaban J connectivity index is 1.98. The third-order valence-corrected chi connectivity index (χ3v) is 6.74. The zero-order valence-electron chi connectivity index (χ0n) is 19.4. The molecule has 0 aromatic heterocycles. The van der Waals surface area contributed by atoms with Gasteiger partial charge in [0.2, 0.25) is 11.8 Å². The second-order valence-corrected chi connectivity index (χ2v) is 10.8. The number of carbonyl (C=O) groups excluding carboxylic acids is 2. The lowest BCUT2D eigenvalue weighted by Gasteiger charge is -2.34. The summed E-state index contributed by atoms with van der Waals surface area (Å²) in [6.07, 6.45) is 0.792. The van der Waals surface area contributed by atoms with Crippen molar-refractivity contribution >= 4 is 29.1 Å². The molecule has 2 aliphatic heterocycles. The van der Waals surface area contributed by atoms with E-state index in [0.717, 1.165) is 6.07 Å². The summed E-state index contributed by atoms with van der Waals surface area (Å²) >= 11 is 6.33. The molecule has 2 N–H and O–H groups in total. The van der Waals surface area contributed by atoms with E-state index < -0.39 is 29.1 Å². The molecule has 2 aliphatic rings. The van der Waals surface area contributed by atoms with Crippen LogP contribution in [0.15, 0.2) is 30.3 Å². The molecule has 8 heteroatoms. The van der Waals surface area contributed by atoms with E-state index in [4.69, 9.17) is 11.6 Å². The average Bonchev–Trinajstić information content (AvgIpc) is 3.20. The Morgan fingerprint density at radius 3 is 2.55 bits per heavy atom. The fraction of sp³-hybridized carbons (Fsp3) is 0.440. The number of halogens is 3. The van der Waals surface area contributed by atoms with Gasteiger partial charge in [-0.05, 0) is 42.0 Å². The molecule has 0 radical (unpaired) electrons. The van der Waals surface area contributed by atoms with Crippen molar-refractivity contribution in [1.82, 2.24) is 10.2 Å². The number of nitrogens with zero attached hydrogens (tertiary/aromatic N) is 1. The number of fused-ring (bicyclic) bond motifs is 2. The van der Waals surface area contributed by atoms with Crippen molar-refractivity contribution < 1.29 is 18.4 Å². The fourth-order valence-corrected chi connectivity index (χ4v) is 5.43. The minimum atomic E-state index is -1.14. The average molecular weight is 476 g/mol. The Morgan fingerprint density at radius 2 is 1.91 bits per heavy atom. The number of nitrogens with one attached hydrogen (secondary N) is 2. The largest absolute Gasteiger partial charge is 0.347 e. The van der Waals surface area contributed by atoms with Gasteiger partial charge in [-0.15, -0.1) is 0 Å². The van der Waals surface area contributed by atoms with Gasteiger partial charge < -0.3 is 15.5 Å². The lowest BCUT2D eigenvalue weighted by atomic mass is 9.68. The number of hydrogen-bond acceptors (Lipinski definition) is 3. The molecule has 4 rings (SSSR count). The lowest BCUT2D eigenvalue weighted by molar-refractivity contribution is -0.130. The van der Waals surface area contributed by atoms with Crippen LogP contribution in [0.1, 0.15) is 39.2 Å². The molecule has 0 bridgehead atoms. The van der Waals surface area contributed by atoms with Crippen LogP contribution in [0.3, 0.4) is 0 Å². The molecule has 2 aromatic carbocycles. The summed E-state index contributed by atoms with van der Waals surface area (Å²) in [6, 6.07) is 6.15. The highest BCUT2D eigenvalue weighted by Crippen LogP contribution is 2.54. The topological polar surface area (TPSA) is 61.4 Å². The monoisotopic (exact) mass is 475 g/mol. The maximum Gasteiger partial charge on any atom is 0.239 e. The minimum absolute atomic E-state index is 0.0292. The van der Waals surface area contributed by atoms with Crippen molar-refractivity contribution in [3.05, 3.63) is 52.6 Å². The zero-order chi connectivity index (χ0) is 24.3. The molecule has 176 valence electrons. The van der Waals surface area contributed by atoms with Crippen LogP contribution >= 0.6 is 11.6 Å². The molecule has 2 amide bonds. The van der Waals surface area contributed by atoms with E-state index in [-0.39, 0.29) is 29.2 Å². The second kappa shape index (κ2) is 8.06. The first-order chi connectivity index (χ1) is 15.3. The Kier molecular flexibility index (Phi) is 5.78. The summed E-state index contributed by atoms with van der Waals surface area (Å²) in [7, 11) is 3.34. The molecule has 1 saturated heterocycles. The van der Waals surface area contributed by atoms with Gasteiger partial charge in [0, 0.05) is 42.0 Å². The third-order valence-electron chi connectivity index (χ3n) is 6.52. The summed E-state index contributed by atoms with van der Waals surface area (Å²) < 4.78 is 29.1. The Labute approximate surface area is 197 Å². The van der Waals surface area contributed by atoms with Crippen molar-refractivity contribution in [2.45, 2.75) is 51.1 Å². The minimum Gasteiger partial charge on any atom is -0.347 e. The van der Waals surface area contributed by atoms with E-state index in [0.29, 0.717) is 28.3 Å². The molecule has 3 atom stereocenters. The molecule has 1 spiro atoms. The molecule has 5 nitrogen and oxygen atoms in total. The van der Waals surface area contributed by atoms with E-state index in [1.54, 1.807) is 26.2 Å². The fourth-order valence-electron chi connectivity index (χ4n) is 5.21. The van der Waals surface area contributed by atoms with Gasteiger partial charge in [-0.25, -0.2) is 8.78 Å². The molecule has 3 unspecified atom stereocenters. The van der Waals surface area contributed by atoms with Gasteiger partial charge in [0.25, 0.3) is 0 Å². The van der Waals surface area contributed by atoms with Gasteiger partial charge in [-0.3, -0.25) is 9.59 Å². The third kappa shape index (κ3) is 3.91. The van der Waals surface area contributed by atoms with Crippen LogP contribution in [-0.2, 0) is 15.0 Å². The highest BCUT2D eigenvalue weighted by molar-refractivity contribution is 6.31. The summed E-state index contributed by atoms with van der Waals surface area (Å²) in [6.45, 7) is 6.19. The van der Waals surface area contributed by atoms with Crippen LogP contribution in [0.5, 0.6) is 0 Å². The highest BCUT2D eigenvalue weighted by atomic mass is 35.5. The Hall–Kier alpha value is -2.51. The quantitative estimate of drug-likeness (QED) is 0.674. The van der Waals surface area contributed by atoms with Crippen LogP contribution in [0, 0.1) is 17.0 Å². The first kappa shape index (κ1) is 23.6. The summed E-state index contributed by atoms with van der Waals surface area (Å²) in [4.78, 5) is 28.1. The van der Waals surface area contributed by atoms with Crippen molar-refractivity contribution in [3.63, 3.8) is 0 Å². The van der Waals surface area contributed by atoms with Crippen LogP contribution in [0.2, 0.25) is 5.02 Å². The maximum atomic E-state index is 14.9. The summed E-state index contributed by atoms with van der Waals surface area (Å²) in [5.41, 5.74) is 0.0907. The molecular weight excluding hydrogens is 448 g/mol. The van der Waals surface area contributed by atoms with E-state index in [1.807, 2.05) is 0 Å². The molecule has 0 aliphatic carbocycles. The van der Waals surface area contributed by atoms with Gasteiger partial charge in [-0.1, -0.05) is 44.5 Å². The predicted molar refractivity (Wildman–Crippen MR) is 125 cm³/mol. The SMILES string of the molecule is CN(C)C(=O)C1CC2(C(=O)Nc3cc(Cl)cc(-c4cccc(F)c4F)c32)C(CC(C)(C)C)N1. The maximum absolute atomic E-state index is 14.9. The predicted octanol–water partition coefficient (Wildman–Crippen LogP) is 4.73. The Morgan fingerprint density at radius 1 is 1.21 bits per heavy atom. The summed E-state index contributed by atoms with van der Waals surface area (Å²) in [5, 5.41) is 6.61. The van der Waals surface area contributed by atoms with Crippen LogP contribution in [0.4, 0.5) is 14.5 Å². The van der Waals surface area contributed by atoms with Crippen molar-refractivity contribution in [3.8, 4) is 11.1 Å².